The minimum Gasteiger partial charge on any atom is -0.376 e. The Balaban J connectivity index is 0.000000606. The molecule has 0 aliphatic carbocycles. The first-order chi connectivity index (χ1) is 7.84. The number of hydrogen-bond acceptors (Lipinski definition) is 2. The predicted octanol–water partition coefficient (Wildman–Crippen LogP) is 2.93. The highest BCUT2D eigenvalue weighted by Gasteiger charge is 2.16. The lowest BCUT2D eigenvalue weighted by atomic mass is 10.2. The van der Waals surface area contributed by atoms with Crippen LogP contribution in [-0.2, 0) is 11.3 Å². The maximum absolute atomic E-state index is 5.50. The highest BCUT2D eigenvalue weighted by atomic mass is 16.5. The summed E-state index contributed by atoms with van der Waals surface area (Å²) in [6.45, 7) is 10.2. The molecule has 0 spiro atoms. The zero-order valence-electron chi connectivity index (χ0n) is 10.6. The molecule has 1 aliphatic rings. The third-order valence-corrected chi connectivity index (χ3v) is 2.57. The normalized spacial score (nSPS) is 21.1. The van der Waals surface area contributed by atoms with Gasteiger partial charge in [-0.25, -0.2) is 0 Å². The van der Waals surface area contributed by atoms with Gasteiger partial charge in [0.1, 0.15) is 0 Å². The largest absolute Gasteiger partial charge is 0.376 e. The SMILES string of the molecule is CC.CC1CN(Cc2ccccc2)CCO1. The van der Waals surface area contributed by atoms with Gasteiger partial charge in [-0.15, -0.1) is 0 Å². The predicted molar refractivity (Wildman–Crippen MR) is 68.5 cm³/mol. The molecule has 0 saturated carbocycles. The van der Waals surface area contributed by atoms with Gasteiger partial charge in [-0.3, -0.25) is 4.90 Å². The molecule has 1 saturated heterocycles. The van der Waals surface area contributed by atoms with Gasteiger partial charge in [0, 0.05) is 19.6 Å². The molecular weight excluding hydrogens is 198 g/mol. The summed E-state index contributed by atoms with van der Waals surface area (Å²) in [5.74, 6) is 0. The molecule has 1 fully saturated rings. The van der Waals surface area contributed by atoms with Crippen LogP contribution in [-0.4, -0.2) is 30.7 Å². The second-order valence-corrected chi connectivity index (χ2v) is 3.90. The monoisotopic (exact) mass is 221 g/mol. The Morgan fingerprint density at radius 3 is 2.56 bits per heavy atom. The molecule has 1 unspecified atom stereocenters. The van der Waals surface area contributed by atoms with Crippen LogP contribution in [0.4, 0.5) is 0 Å². The van der Waals surface area contributed by atoms with Crippen molar-refractivity contribution in [3.8, 4) is 0 Å². The number of morpholine rings is 1. The molecule has 90 valence electrons. The van der Waals surface area contributed by atoms with Gasteiger partial charge >= 0.3 is 0 Å². The Hall–Kier alpha value is -0.860. The van der Waals surface area contributed by atoms with E-state index in [1.54, 1.807) is 0 Å². The molecule has 0 N–H and O–H groups in total. The number of hydrogen-bond donors (Lipinski definition) is 0. The first-order valence-electron chi connectivity index (χ1n) is 6.22. The summed E-state index contributed by atoms with van der Waals surface area (Å²) in [7, 11) is 0. The molecule has 0 amide bonds. The van der Waals surface area contributed by atoms with Crippen LogP contribution in [0, 0.1) is 0 Å². The van der Waals surface area contributed by atoms with Crippen LogP contribution in [0.5, 0.6) is 0 Å². The summed E-state index contributed by atoms with van der Waals surface area (Å²) in [6.07, 6.45) is 0.382. The van der Waals surface area contributed by atoms with Gasteiger partial charge in [0.15, 0.2) is 0 Å². The zero-order valence-corrected chi connectivity index (χ0v) is 10.6. The van der Waals surface area contributed by atoms with E-state index in [2.05, 4.69) is 42.2 Å². The van der Waals surface area contributed by atoms with Crippen molar-refractivity contribution in [3.05, 3.63) is 35.9 Å². The molecule has 1 aliphatic heterocycles. The summed E-state index contributed by atoms with van der Waals surface area (Å²) < 4.78 is 5.50. The number of rotatable bonds is 2. The second kappa shape index (κ2) is 7.42. The molecule has 2 nitrogen and oxygen atoms in total. The van der Waals surface area contributed by atoms with Crippen LogP contribution in [0.3, 0.4) is 0 Å². The van der Waals surface area contributed by atoms with Gasteiger partial charge in [-0.1, -0.05) is 44.2 Å². The smallest absolute Gasteiger partial charge is 0.0674 e. The fourth-order valence-electron chi connectivity index (χ4n) is 1.88. The highest BCUT2D eigenvalue weighted by Crippen LogP contribution is 2.09. The molecule has 2 heteroatoms. The lowest BCUT2D eigenvalue weighted by Crippen LogP contribution is -2.40. The van der Waals surface area contributed by atoms with Gasteiger partial charge in [0.2, 0.25) is 0 Å². The van der Waals surface area contributed by atoms with Crippen molar-refractivity contribution < 1.29 is 4.74 Å². The fraction of sp³-hybridized carbons (Fsp3) is 0.571. The third kappa shape index (κ3) is 4.33. The minimum atomic E-state index is 0.382. The molecule has 1 aromatic rings. The topological polar surface area (TPSA) is 12.5 Å². The van der Waals surface area contributed by atoms with Gasteiger partial charge < -0.3 is 4.74 Å². The maximum Gasteiger partial charge on any atom is 0.0674 e. The molecule has 2 rings (SSSR count). The van der Waals surface area contributed by atoms with E-state index >= 15 is 0 Å². The maximum atomic E-state index is 5.50. The van der Waals surface area contributed by atoms with E-state index in [1.807, 2.05) is 13.8 Å². The van der Waals surface area contributed by atoms with Crippen LogP contribution in [0.25, 0.3) is 0 Å². The molecule has 0 radical (unpaired) electrons. The van der Waals surface area contributed by atoms with E-state index in [4.69, 9.17) is 4.74 Å². The molecule has 1 aromatic carbocycles. The summed E-state index contributed by atoms with van der Waals surface area (Å²) in [5.41, 5.74) is 1.39. The van der Waals surface area contributed by atoms with Crippen LogP contribution in [0.1, 0.15) is 26.3 Å². The molecule has 0 bridgehead atoms. The molecule has 16 heavy (non-hydrogen) atoms. The van der Waals surface area contributed by atoms with Gasteiger partial charge in [0.25, 0.3) is 0 Å². The lowest BCUT2D eigenvalue weighted by Gasteiger charge is -2.31. The Kier molecular flexibility index (Phi) is 6.12. The van der Waals surface area contributed by atoms with Gasteiger partial charge in [0.05, 0.1) is 12.7 Å². The Morgan fingerprint density at radius 1 is 1.25 bits per heavy atom. The molecule has 0 aromatic heterocycles. The third-order valence-electron chi connectivity index (χ3n) is 2.57. The quantitative estimate of drug-likeness (QED) is 0.761. The second-order valence-electron chi connectivity index (χ2n) is 3.90. The standard InChI is InChI=1S/C12H17NO.C2H6/c1-11-9-13(7-8-14-11)10-12-5-3-2-4-6-12;1-2/h2-6,11H,7-10H2,1H3;1-2H3. The van der Waals surface area contributed by atoms with E-state index < -0.39 is 0 Å². The van der Waals surface area contributed by atoms with Crippen molar-refractivity contribution in [2.75, 3.05) is 19.7 Å². The molecule has 1 atom stereocenters. The van der Waals surface area contributed by atoms with E-state index in [9.17, 15) is 0 Å². The van der Waals surface area contributed by atoms with Gasteiger partial charge in [-0.05, 0) is 12.5 Å². The molecular formula is C14H23NO. The molecule has 1 heterocycles. The van der Waals surface area contributed by atoms with Crippen LogP contribution >= 0.6 is 0 Å². The Bertz CT molecular complexity index is 273. The summed E-state index contributed by atoms with van der Waals surface area (Å²) in [6, 6.07) is 10.6. The van der Waals surface area contributed by atoms with Crippen LogP contribution < -0.4 is 0 Å². The van der Waals surface area contributed by atoms with Crippen LogP contribution in [0.2, 0.25) is 0 Å². The fourth-order valence-corrected chi connectivity index (χ4v) is 1.88. The van der Waals surface area contributed by atoms with E-state index in [0.29, 0.717) is 6.10 Å². The van der Waals surface area contributed by atoms with E-state index in [0.717, 1.165) is 26.2 Å². The zero-order chi connectivity index (χ0) is 11.8. The number of nitrogens with zero attached hydrogens (tertiary/aromatic N) is 1. The van der Waals surface area contributed by atoms with Crippen LogP contribution in [0.15, 0.2) is 30.3 Å². The van der Waals surface area contributed by atoms with Gasteiger partial charge in [-0.2, -0.15) is 0 Å². The Morgan fingerprint density at radius 2 is 1.94 bits per heavy atom. The average Bonchev–Trinajstić information content (AvgIpc) is 2.33. The number of ether oxygens (including phenoxy) is 1. The number of benzene rings is 1. The summed E-state index contributed by atoms with van der Waals surface area (Å²) in [4.78, 5) is 2.45. The average molecular weight is 221 g/mol. The minimum absolute atomic E-state index is 0.382. The Labute approximate surface area is 99.2 Å². The van der Waals surface area contributed by atoms with Crippen molar-refractivity contribution in [1.29, 1.82) is 0 Å². The van der Waals surface area contributed by atoms with Crippen molar-refractivity contribution in [1.82, 2.24) is 4.90 Å². The lowest BCUT2D eigenvalue weighted by molar-refractivity contribution is -0.0212. The van der Waals surface area contributed by atoms with E-state index in [1.165, 1.54) is 5.56 Å². The van der Waals surface area contributed by atoms with Crippen molar-refractivity contribution in [2.45, 2.75) is 33.4 Å². The highest BCUT2D eigenvalue weighted by molar-refractivity contribution is 5.14. The van der Waals surface area contributed by atoms with Crippen molar-refractivity contribution >= 4 is 0 Å². The van der Waals surface area contributed by atoms with E-state index in [-0.39, 0.29) is 0 Å². The van der Waals surface area contributed by atoms with Crippen molar-refractivity contribution in [3.63, 3.8) is 0 Å². The van der Waals surface area contributed by atoms with Crippen molar-refractivity contribution in [2.24, 2.45) is 0 Å². The first kappa shape index (κ1) is 13.2. The summed E-state index contributed by atoms with van der Waals surface area (Å²) >= 11 is 0. The first-order valence-corrected chi connectivity index (χ1v) is 6.22. The summed E-state index contributed by atoms with van der Waals surface area (Å²) in [5, 5.41) is 0.